The Bertz CT molecular complexity index is 392. The van der Waals surface area contributed by atoms with Gasteiger partial charge in [-0.1, -0.05) is 12.2 Å². The highest BCUT2D eigenvalue weighted by Gasteiger charge is 2.31. The topological polar surface area (TPSA) is 89.3 Å². The van der Waals surface area contributed by atoms with Crippen molar-refractivity contribution in [2.75, 3.05) is 12.3 Å². The van der Waals surface area contributed by atoms with Gasteiger partial charge in [0.15, 0.2) is 9.84 Å². The average Bonchev–Trinajstić information content (AvgIpc) is 2.52. The van der Waals surface area contributed by atoms with Crippen molar-refractivity contribution in [3.05, 3.63) is 0 Å². The van der Waals surface area contributed by atoms with Gasteiger partial charge in [-0.05, 0) is 19.8 Å². The largest absolute Gasteiger partial charge is 0.393 e. The van der Waals surface area contributed by atoms with Gasteiger partial charge in [0.2, 0.25) is 5.91 Å². The summed E-state index contributed by atoms with van der Waals surface area (Å²) in [4.78, 5) is 11.6. The van der Waals surface area contributed by atoms with E-state index < -0.39 is 21.0 Å². The maximum absolute atomic E-state index is 11.5. The van der Waals surface area contributed by atoms with Gasteiger partial charge in [-0.2, -0.15) is 0 Å². The average molecular weight is 264 g/mol. The first-order valence-corrected chi connectivity index (χ1v) is 7.25. The van der Waals surface area contributed by atoms with Gasteiger partial charge in [0.1, 0.15) is 0 Å². The highest BCUT2D eigenvalue weighted by atomic mass is 32.2. The maximum Gasteiger partial charge on any atom is 0.229 e. The third-order valence-corrected chi connectivity index (χ3v) is 5.42. The van der Waals surface area contributed by atoms with E-state index in [1.165, 1.54) is 0 Å². The summed E-state index contributed by atoms with van der Waals surface area (Å²) in [6.45, 7) is 1.76. The van der Waals surface area contributed by atoms with Crippen molar-refractivity contribution < 1.29 is 13.2 Å². The molecule has 0 aliphatic carbocycles. The van der Waals surface area contributed by atoms with Crippen LogP contribution in [0.3, 0.4) is 0 Å². The highest BCUT2D eigenvalue weighted by Crippen LogP contribution is 2.19. The molecule has 0 bridgehead atoms. The van der Waals surface area contributed by atoms with Gasteiger partial charge in [0.05, 0.1) is 21.9 Å². The third kappa shape index (κ3) is 3.15. The first kappa shape index (κ1) is 13.4. The lowest BCUT2D eigenvalue weighted by Gasteiger charge is -2.13. The summed E-state index contributed by atoms with van der Waals surface area (Å²) in [7, 11) is -3.01. The van der Waals surface area contributed by atoms with E-state index in [1.54, 1.807) is 6.92 Å². The zero-order chi connectivity index (χ0) is 12.3. The first-order chi connectivity index (χ1) is 7.34. The molecule has 0 radical (unpaired) electrons. The molecule has 1 aliphatic heterocycles. The molecule has 1 amide bonds. The number of nitrogens with one attached hydrogen (secondary N) is 1. The van der Waals surface area contributed by atoms with Crippen LogP contribution in [0.25, 0.3) is 0 Å². The van der Waals surface area contributed by atoms with Gasteiger partial charge in [-0.3, -0.25) is 4.79 Å². The summed E-state index contributed by atoms with van der Waals surface area (Å²) >= 11 is 4.69. The van der Waals surface area contributed by atoms with E-state index in [4.69, 9.17) is 5.73 Å². The van der Waals surface area contributed by atoms with E-state index in [0.29, 0.717) is 12.8 Å². The Kier molecular flexibility index (Phi) is 4.26. The van der Waals surface area contributed by atoms with E-state index in [2.05, 4.69) is 17.5 Å². The Balaban J connectivity index is 2.47. The number of hydrogen-bond acceptors (Lipinski definition) is 4. The van der Waals surface area contributed by atoms with Crippen LogP contribution in [-0.2, 0) is 14.6 Å². The van der Waals surface area contributed by atoms with E-state index in [9.17, 15) is 13.2 Å². The predicted molar refractivity (Wildman–Crippen MR) is 65.8 cm³/mol. The summed E-state index contributed by atoms with van der Waals surface area (Å²) in [5, 5.41) is 2.13. The minimum Gasteiger partial charge on any atom is -0.393 e. The van der Waals surface area contributed by atoms with Crippen molar-refractivity contribution in [1.29, 1.82) is 0 Å². The van der Waals surface area contributed by atoms with Gasteiger partial charge in [0.25, 0.3) is 0 Å². The summed E-state index contributed by atoms with van der Waals surface area (Å²) in [5.74, 6) is -0.646. The molecule has 0 saturated carbocycles. The van der Waals surface area contributed by atoms with Gasteiger partial charge in [-0.15, -0.1) is 0 Å². The summed E-state index contributed by atoms with van der Waals surface area (Å²) in [6, 6.07) is 0. The van der Waals surface area contributed by atoms with Crippen LogP contribution < -0.4 is 11.1 Å². The van der Waals surface area contributed by atoms with E-state index in [-0.39, 0.29) is 23.2 Å². The molecular formula is C9H16N2O3S2. The fraction of sp³-hybridized carbons (Fsp3) is 0.778. The number of nitrogens with two attached hydrogens (primary N) is 1. The van der Waals surface area contributed by atoms with Crippen LogP contribution in [0.5, 0.6) is 0 Å². The maximum atomic E-state index is 11.5. The summed E-state index contributed by atoms with van der Waals surface area (Å²) in [5.41, 5.74) is 5.33. The van der Waals surface area contributed by atoms with Gasteiger partial charge in [-0.25, -0.2) is 8.42 Å². The number of carbonyl (C=O) groups is 1. The van der Waals surface area contributed by atoms with Gasteiger partial charge < -0.3 is 11.1 Å². The molecule has 0 aromatic carbocycles. The molecule has 1 saturated heterocycles. The second-order valence-corrected chi connectivity index (χ2v) is 6.87. The van der Waals surface area contributed by atoms with Crippen molar-refractivity contribution in [1.82, 2.24) is 5.32 Å². The molecule has 0 aromatic rings. The molecule has 1 fully saturated rings. The van der Waals surface area contributed by atoms with Crippen LogP contribution >= 0.6 is 12.2 Å². The molecule has 1 aliphatic rings. The number of amides is 1. The number of carbonyl (C=O) groups excluding carboxylic acids is 1. The Labute approximate surface area is 101 Å². The molecule has 2 unspecified atom stereocenters. The molecule has 1 heterocycles. The zero-order valence-electron chi connectivity index (χ0n) is 9.10. The number of hydrogen-bond donors (Lipinski definition) is 2. The first-order valence-electron chi connectivity index (χ1n) is 5.13. The Morgan fingerprint density at radius 2 is 2.25 bits per heavy atom. The predicted octanol–water partition coefficient (Wildman–Crippen LogP) is -0.398. The number of thiocarbonyl (C=S) groups is 1. The molecule has 1 rings (SSSR count). The smallest absolute Gasteiger partial charge is 0.229 e. The molecule has 5 nitrogen and oxygen atoms in total. The fourth-order valence-electron chi connectivity index (χ4n) is 1.58. The SMILES string of the molecule is CC(C(=O)NCC1CCCS1(=O)=O)C(N)=S. The second kappa shape index (κ2) is 5.09. The number of sulfone groups is 1. The van der Waals surface area contributed by atoms with Crippen molar-refractivity contribution >= 4 is 33.0 Å². The van der Waals surface area contributed by atoms with Crippen LogP contribution in [0.4, 0.5) is 0 Å². The molecule has 92 valence electrons. The lowest BCUT2D eigenvalue weighted by molar-refractivity contribution is -0.122. The van der Waals surface area contributed by atoms with Crippen LogP contribution in [0.2, 0.25) is 0 Å². The molecule has 0 spiro atoms. The molecule has 16 heavy (non-hydrogen) atoms. The Hall–Kier alpha value is -0.690. The summed E-state index contributed by atoms with van der Waals surface area (Å²) in [6.07, 6.45) is 1.29. The lowest BCUT2D eigenvalue weighted by atomic mass is 10.1. The quantitative estimate of drug-likeness (QED) is 0.675. The third-order valence-electron chi connectivity index (χ3n) is 2.79. The van der Waals surface area contributed by atoms with Crippen molar-refractivity contribution in [2.24, 2.45) is 11.7 Å². The van der Waals surface area contributed by atoms with Gasteiger partial charge >= 0.3 is 0 Å². The normalized spacial score (nSPS) is 24.9. The Morgan fingerprint density at radius 3 is 2.69 bits per heavy atom. The van der Waals surface area contributed by atoms with E-state index >= 15 is 0 Å². The minimum atomic E-state index is -3.01. The zero-order valence-corrected chi connectivity index (χ0v) is 10.7. The molecule has 7 heteroatoms. The van der Waals surface area contributed by atoms with Crippen molar-refractivity contribution in [2.45, 2.75) is 25.0 Å². The van der Waals surface area contributed by atoms with Gasteiger partial charge in [0, 0.05) is 6.54 Å². The highest BCUT2D eigenvalue weighted by molar-refractivity contribution is 7.92. The molecule has 2 atom stereocenters. The van der Waals surface area contributed by atoms with Crippen LogP contribution in [0.1, 0.15) is 19.8 Å². The van der Waals surface area contributed by atoms with E-state index in [0.717, 1.165) is 0 Å². The van der Waals surface area contributed by atoms with Crippen LogP contribution in [0, 0.1) is 5.92 Å². The van der Waals surface area contributed by atoms with Crippen LogP contribution in [0.15, 0.2) is 0 Å². The monoisotopic (exact) mass is 264 g/mol. The Morgan fingerprint density at radius 1 is 1.62 bits per heavy atom. The van der Waals surface area contributed by atoms with Crippen molar-refractivity contribution in [3.63, 3.8) is 0 Å². The molecular weight excluding hydrogens is 248 g/mol. The minimum absolute atomic E-state index is 0.117. The summed E-state index contributed by atoms with van der Waals surface area (Å²) < 4.78 is 23.0. The number of rotatable bonds is 4. The lowest BCUT2D eigenvalue weighted by Crippen LogP contribution is -2.40. The fourth-order valence-corrected chi connectivity index (χ4v) is 3.46. The second-order valence-electron chi connectivity index (χ2n) is 4.00. The molecule has 0 aromatic heterocycles. The molecule has 3 N–H and O–H groups in total. The van der Waals surface area contributed by atoms with Crippen molar-refractivity contribution in [3.8, 4) is 0 Å². The van der Waals surface area contributed by atoms with E-state index in [1.807, 2.05) is 0 Å². The van der Waals surface area contributed by atoms with Crippen LogP contribution in [-0.4, -0.2) is 36.9 Å². The standard InChI is InChI=1S/C9H16N2O3S2/c1-6(8(10)15)9(12)11-5-7-3-2-4-16(7,13)14/h6-7H,2-5H2,1H3,(H2,10,15)(H,11,12).